The predicted molar refractivity (Wildman–Crippen MR) is 80.5 cm³/mol. The summed E-state index contributed by atoms with van der Waals surface area (Å²) < 4.78 is 5.63. The number of hydrogen-bond acceptors (Lipinski definition) is 3. The van der Waals surface area contributed by atoms with E-state index < -0.39 is 0 Å². The van der Waals surface area contributed by atoms with E-state index in [-0.39, 0.29) is 0 Å². The highest BCUT2D eigenvalue weighted by atomic mass is 16.5. The van der Waals surface area contributed by atoms with Crippen LogP contribution in [0, 0.1) is 0 Å². The standard InChI is InChI=1S/C16H24N2O/c1-19-16-13-14(17-9-5-6-10-17)7-8-15(16)18-11-3-2-4-12-18/h7-8,13H,2-6,9-12H2,1H3. The molecule has 0 amide bonds. The van der Waals surface area contributed by atoms with Crippen molar-refractivity contribution in [2.45, 2.75) is 32.1 Å². The highest BCUT2D eigenvalue weighted by Crippen LogP contribution is 2.35. The molecule has 2 saturated heterocycles. The summed E-state index contributed by atoms with van der Waals surface area (Å²) in [5.74, 6) is 1.03. The van der Waals surface area contributed by atoms with Crippen LogP contribution >= 0.6 is 0 Å². The molecular weight excluding hydrogens is 236 g/mol. The molecule has 19 heavy (non-hydrogen) atoms. The van der Waals surface area contributed by atoms with Crippen LogP contribution in [0.2, 0.25) is 0 Å². The fraction of sp³-hybridized carbons (Fsp3) is 0.625. The van der Waals surface area contributed by atoms with Gasteiger partial charge in [0.05, 0.1) is 12.8 Å². The first-order valence-corrected chi connectivity index (χ1v) is 7.56. The maximum absolute atomic E-state index is 5.63. The zero-order valence-corrected chi connectivity index (χ0v) is 11.9. The maximum Gasteiger partial charge on any atom is 0.144 e. The normalized spacial score (nSPS) is 19.8. The van der Waals surface area contributed by atoms with Crippen molar-refractivity contribution >= 4 is 11.4 Å². The lowest BCUT2D eigenvalue weighted by Crippen LogP contribution is -2.29. The van der Waals surface area contributed by atoms with Gasteiger partial charge >= 0.3 is 0 Å². The van der Waals surface area contributed by atoms with E-state index in [4.69, 9.17) is 4.74 Å². The summed E-state index contributed by atoms with van der Waals surface area (Å²) in [4.78, 5) is 4.93. The number of nitrogens with zero attached hydrogens (tertiary/aromatic N) is 2. The van der Waals surface area contributed by atoms with E-state index >= 15 is 0 Å². The number of anilines is 2. The maximum atomic E-state index is 5.63. The molecule has 1 aromatic carbocycles. The first-order chi connectivity index (χ1) is 9.38. The molecule has 0 N–H and O–H groups in total. The van der Waals surface area contributed by atoms with Crippen LogP contribution in [0.5, 0.6) is 5.75 Å². The van der Waals surface area contributed by atoms with Gasteiger partial charge in [-0.1, -0.05) is 0 Å². The number of hydrogen-bond donors (Lipinski definition) is 0. The zero-order chi connectivity index (χ0) is 13.1. The van der Waals surface area contributed by atoms with Crippen molar-refractivity contribution in [1.29, 1.82) is 0 Å². The SMILES string of the molecule is COc1cc(N2CCCC2)ccc1N1CCCCC1. The average Bonchev–Trinajstić information content (AvgIpc) is 3.02. The van der Waals surface area contributed by atoms with E-state index in [2.05, 4.69) is 28.0 Å². The van der Waals surface area contributed by atoms with Gasteiger partial charge in [-0.15, -0.1) is 0 Å². The van der Waals surface area contributed by atoms with Crippen molar-refractivity contribution in [2.75, 3.05) is 43.1 Å². The van der Waals surface area contributed by atoms with Gasteiger partial charge < -0.3 is 14.5 Å². The van der Waals surface area contributed by atoms with Crippen LogP contribution < -0.4 is 14.5 Å². The topological polar surface area (TPSA) is 15.7 Å². The molecule has 0 aliphatic carbocycles. The van der Waals surface area contributed by atoms with Crippen molar-refractivity contribution in [3.05, 3.63) is 18.2 Å². The minimum absolute atomic E-state index is 1.03. The Kier molecular flexibility index (Phi) is 3.81. The Morgan fingerprint density at radius 3 is 2.16 bits per heavy atom. The summed E-state index contributed by atoms with van der Waals surface area (Å²) in [6, 6.07) is 6.73. The third-order valence-electron chi connectivity index (χ3n) is 4.33. The van der Waals surface area contributed by atoms with Crippen molar-refractivity contribution in [3.63, 3.8) is 0 Å². The van der Waals surface area contributed by atoms with Gasteiger partial charge in [0.1, 0.15) is 5.75 Å². The minimum atomic E-state index is 1.03. The lowest BCUT2D eigenvalue weighted by molar-refractivity contribution is 0.412. The van der Waals surface area contributed by atoms with Crippen molar-refractivity contribution < 1.29 is 4.74 Å². The third-order valence-corrected chi connectivity index (χ3v) is 4.33. The Morgan fingerprint density at radius 2 is 1.47 bits per heavy atom. The summed E-state index contributed by atoms with van der Waals surface area (Å²) in [5.41, 5.74) is 2.58. The Bertz CT molecular complexity index is 421. The van der Waals surface area contributed by atoms with Crippen LogP contribution in [-0.4, -0.2) is 33.3 Å². The molecule has 0 aromatic heterocycles. The molecule has 0 spiro atoms. The molecule has 3 heteroatoms. The second kappa shape index (κ2) is 5.72. The summed E-state index contributed by atoms with van der Waals surface area (Å²) in [7, 11) is 1.79. The number of benzene rings is 1. The van der Waals surface area contributed by atoms with Crippen molar-refractivity contribution in [2.24, 2.45) is 0 Å². The van der Waals surface area contributed by atoms with Crippen molar-refractivity contribution in [1.82, 2.24) is 0 Å². The third kappa shape index (κ3) is 2.65. The van der Waals surface area contributed by atoms with Gasteiger partial charge in [0.2, 0.25) is 0 Å². The Morgan fingerprint density at radius 1 is 0.842 bits per heavy atom. The van der Waals surface area contributed by atoms with E-state index in [9.17, 15) is 0 Å². The molecule has 1 aromatic rings. The molecule has 0 bridgehead atoms. The fourth-order valence-electron chi connectivity index (χ4n) is 3.23. The number of piperidine rings is 1. The van der Waals surface area contributed by atoms with E-state index in [1.54, 1.807) is 7.11 Å². The quantitative estimate of drug-likeness (QED) is 0.829. The number of methoxy groups -OCH3 is 1. The minimum Gasteiger partial charge on any atom is -0.495 e. The molecule has 0 atom stereocenters. The average molecular weight is 260 g/mol. The van der Waals surface area contributed by atoms with Crippen LogP contribution in [0.3, 0.4) is 0 Å². The summed E-state index contributed by atoms with van der Waals surface area (Å²) in [6.07, 6.45) is 6.60. The van der Waals surface area contributed by atoms with Gasteiger partial charge in [0.25, 0.3) is 0 Å². The molecule has 2 fully saturated rings. The molecule has 0 saturated carbocycles. The number of ether oxygens (including phenoxy) is 1. The van der Waals surface area contributed by atoms with E-state index in [0.717, 1.165) is 5.75 Å². The Hall–Kier alpha value is -1.38. The Balaban J connectivity index is 1.83. The second-order valence-corrected chi connectivity index (χ2v) is 5.60. The largest absolute Gasteiger partial charge is 0.495 e. The molecule has 2 heterocycles. The molecule has 2 aliphatic heterocycles. The summed E-state index contributed by atoms with van der Waals surface area (Å²) >= 11 is 0. The van der Waals surface area contributed by atoms with Crippen LogP contribution in [0.1, 0.15) is 32.1 Å². The summed E-state index contributed by atoms with van der Waals surface area (Å²) in [6.45, 7) is 4.71. The van der Waals surface area contributed by atoms with E-state index in [0.29, 0.717) is 0 Å². The smallest absolute Gasteiger partial charge is 0.144 e. The van der Waals surface area contributed by atoms with Gasteiger partial charge in [-0.2, -0.15) is 0 Å². The first kappa shape index (κ1) is 12.6. The highest BCUT2D eigenvalue weighted by Gasteiger charge is 2.18. The van der Waals surface area contributed by atoms with Crippen LogP contribution in [0.15, 0.2) is 18.2 Å². The van der Waals surface area contributed by atoms with Gasteiger partial charge in [0.15, 0.2) is 0 Å². The lowest BCUT2D eigenvalue weighted by atomic mass is 10.1. The highest BCUT2D eigenvalue weighted by molar-refractivity contribution is 5.66. The first-order valence-electron chi connectivity index (χ1n) is 7.56. The monoisotopic (exact) mass is 260 g/mol. The summed E-state index contributed by atoms with van der Waals surface area (Å²) in [5, 5.41) is 0. The molecule has 0 radical (unpaired) electrons. The van der Waals surface area contributed by atoms with Gasteiger partial charge in [-0.3, -0.25) is 0 Å². The van der Waals surface area contributed by atoms with Gasteiger partial charge in [-0.25, -0.2) is 0 Å². The molecule has 3 rings (SSSR count). The molecule has 3 nitrogen and oxygen atoms in total. The predicted octanol–water partition coefficient (Wildman–Crippen LogP) is 3.29. The Labute approximate surface area is 116 Å². The zero-order valence-electron chi connectivity index (χ0n) is 11.9. The second-order valence-electron chi connectivity index (χ2n) is 5.60. The van der Waals surface area contributed by atoms with Crippen LogP contribution in [0.4, 0.5) is 11.4 Å². The van der Waals surface area contributed by atoms with Crippen LogP contribution in [-0.2, 0) is 0 Å². The number of rotatable bonds is 3. The fourth-order valence-corrected chi connectivity index (χ4v) is 3.23. The van der Waals surface area contributed by atoms with E-state index in [1.807, 2.05) is 0 Å². The van der Waals surface area contributed by atoms with Crippen LogP contribution in [0.25, 0.3) is 0 Å². The molecule has 2 aliphatic rings. The lowest BCUT2D eigenvalue weighted by Gasteiger charge is -2.30. The molecule has 104 valence electrons. The van der Waals surface area contributed by atoms with E-state index in [1.165, 1.54) is 69.7 Å². The van der Waals surface area contributed by atoms with Gasteiger partial charge in [-0.05, 0) is 44.2 Å². The molecular formula is C16H24N2O. The van der Waals surface area contributed by atoms with Gasteiger partial charge in [0, 0.05) is 37.9 Å². The molecule has 0 unspecified atom stereocenters. The van der Waals surface area contributed by atoms with Crippen molar-refractivity contribution in [3.8, 4) is 5.75 Å².